The first kappa shape index (κ1) is 17.4. The number of pyridine rings is 1. The number of hydrogen-bond acceptors (Lipinski definition) is 3. The van der Waals surface area contributed by atoms with Gasteiger partial charge in [0.1, 0.15) is 11.8 Å². The molecule has 0 saturated carbocycles. The lowest BCUT2D eigenvalue weighted by molar-refractivity contribution is -0.138. The molecule has 0 radical (unpaired) electrons. The minimum atomic E-state index is -4.39. The highest BCUT2D eigenvalue weighted by molar-refractivity contribution is 5.96. The fourth-order valence-corrected chi connectivity index (χ4v) is 3.41. The van der Waals surface area contributed by atoms with Crippen molar-refractivity contribution in [3.05, 3.63) is 71.9 Å². The molecular weight excluding hydrogens is 353 g/mol. The third kappa shape index (κ3) is 3.23. The Morgan fingerprint density at radius 2 is 1.85 bits per heavy atom. The molecule has 138 valence electrons. The predicted molar refractivity (Wildman–Crippen MR) is 99.8 cm³/mol. The Morgan fingerprint density at radius 1 is 1.07 bits per heavy atom. The Bertz CT molecular complexity index is 996. The minimum Gasteiger partial charge on any atom is -0.497 e. The van der Waals surface area contributed by atoms with E-state index in [-0.39, 0.29) is 6.54 Å². The normalized spacial score (nSPS) is 16.4. The lowest BCUT2D eigenvalue weighted by atomic mass is 9.98. The van der Waals surface area contributed by atoms with Gasteiger partial charge in [-0.1, -0.05) is 42.5 Å². The quantitative estimate of drug-likeness (QED) is 0.633. The van der Waals surface area contributed by atoms with Crippen LogP contribution in [-0.4, -0.2) is 24.3 Å². The number of halogens is 3. The van der Waals surface area contributed by atoms with Crippen LogP contribution in [0.4, 0.5) is 18.9 Å². The van der Waals surface area contributed by atoms with Crippen LogP contribution in [0.5, 0.6) is 5.75 Å². The molecule has 3 aromatic rings. The summed E-state index contributed by atoms with van der Waals surface area (Å²) in [7, 11) is 1.55. The third-order valence-corrected chi connectivity index (χ3v) is 4.71. The summed E-state index contributed by atoms with van der Waals surface area (Å²) in [6.07, 6.45) is -0.0422. The standard InChI is InChI=1S/C21H17F3N2O/c1-27-17-9-4-14(5-10-17)13-26-18(21(22,23)24)11-8-16-7-6-15-3-2-12-25-19(15)20(16)26/h2-12,18H,13H2,1H3. The molecule has 1 aromatic heterocycles. The Balaban J connectivity index is 1.84. The number of methoxy groups -OCH3 is 1. The fraction of sp³-hybridized carbons (Fsp3) is 0.190. The first-order valence-electron chi connectivity index (χ1n) is 8.49. The molecule has 4 rings (SSSR count). The lowest BCUT2D eigenvalue weighted by Gasteiger charge is -2.37. The van der Waals surface area contributed by atoms with Crippen molar-refractivity contribution in [2.45, 2.75) is 18.8 Å². The smallest absolute Gasteiger partial charge is 0.412 e. The Labute approximate surface area is 154 Å². The zero-order valence-corrected chi connectivity index (χ0v) is 14.6. The second-order valence-electron chi connectivity index (χ2n) is 6.40. The Kier molecular flexibility index (Phi) is 4.26. The van der Waals surface area contributed by atoms with E-state index in [1.54, 1.807) is 43.6 Å². The van der Waals surface area contributed by atoms with Gasteiger partial charge < -0.3 is 9.64 Å². The molecule has 0 spiro atoms. The largest absolute Gasteiger partial charge is 0.497 e. The predicted octanol–water partition coefficient (Wildman–Crippen LogP) is 5.21. The number of hydrogen-bond donors (Lipinski definition) is 0. The van der Waals surface area contributed by atoms with Crippen LogP contribution in [0.1, 0.15) is 11.1 Å². The molecule has 1 aliphatic heterocycles. The number of rotatable bonds is 3. The number of benzene rings is 2. The van der Waals surface area contributed by atoms with E-state index < -0.39 is 12.2 Å². The first-order chi connectivity index (χ1) is 13.0. The van der Waals surface area contributed by atoms with Gasteiger partial charge >= 0.3 is 6.18 Å². The van der Waals surface area contributed by atoms with E-state index in [9.17, 15) is 13.2 Å². The summed E-state index contributed by atoms with van der Waals surface area (Å²) in [4.78, 5) is 5.75. The van der Waals surface area contributed by atoms with Gasteiger partial charge in [-0.2, -0.15) is 13.2 Å². The van der Waals surface area contributed by atoms with Crippen LogP contribution in [0.25, 0.3) is 17.0 Å². The molecule has 0 aliphatic carbocycles. The average Bonchev–Trinajstić information content (AvgIpc) is 2.67. The molecule has 6 heteroatoms. The molecule has 27 heavy (non-hydrogen) atoms. The number of aromatic nitrogens is 1. The molecule has 0 amide bonds. The summed E-state index contributed by atoms with van der Waals surface area (Å²) in [5.41, 5.74) is 2.57. The van der Waals surface area contributed by atoms with E-state index in [0.717, 1.165) is 16.5 Å². The number of nitrogens with zero attached hydrogens (tertiary/aromatic N) is 2. The molecule has 0 N–H and O–H groups in total. The van der Waals surface area contributed by atoms with Gasteiger partial charge in [0.05, 0.1) is 18.3 Å². The van der Waals surface area contributed by atoms with Crippen molar-refractivity contribution in [3.63, 3.8) is 0 Å². The summed E-state index contributed by atoms with van der Waals surface area (Å²) in [6.45, 7) is 0.112. The highest BCUT2D eigenvalue weighted by Crippen LogP contribution is 2.40. The van der Waals surface area contributed by atoms with E-state index in [4.69, 9.17) is 4.74 Å². The van der Waals surface area contributed by atoms with Crippen molar-refractivity contribution in [1.29, 1.82) is 0 Å². The Hall–Kier alpha value is -3.02. The molecule has 2 heterocycles. The molecule has 0 saturated heterocycles. The van der Waals surface area contributed by atoms with Gasteiger partial charge in [-0.05, 0) is 29.3 Å². The zero-order chi connectivity index (χ0) is 19.0. The SMILES string of the molecule is COc1ccc(CN2c3c(ccc4cccnc34)C=CC2C(F)(F)F)cc1. The van der Waals surface area contributed by atoms with Gasteiger partial charge in [0, 0.05) is 18.1 Å². The van der Waals surface area contributed by atoms with Crippen LogP contribution in [0.15, 0.2) is 60.8 Å². The molecule has 1 atom stereocenters. The van der Waals surface area contributed by atoms with Crippen molar-refractivity contribution in [2.75, 3.05) is 12.0 Å². The van der Waals surface area contributed by atoms with Gasteiger partial charge in [-0.3, -0.25) is 4.98 Å². The molecule has 0 fully saturated rings. The van der Waals surface area contributed by atoms with E-state index >= 15 is 0 Å². The van der Waals surface area contributed by atoms with Gasteiger partial charge in [0.15, 0.2) is 0 Å². The first-order valence-corrected chi connectivity index (χ1v) is 8.49. The highest BCUT2D eigenvalue weighted by atomic mass is 19.4. The minimum absolute atomic E-state index is 0.112. The van der Waals surface area contributed by atoms with E-state index in [0.29, 0.717) is 17.0 Å². The van der Waals surface area contributed by atoms with Crippen molar-refractivity contribution < 1.29 is 17.9 Å². The van der Waals surface area contributed by atoms with Crippen molar-refractivity contribution >= 4 is 22.7 Å². The molecule has 1 aliphatic rings. The van der Waals surface area contributed by atoms with Gasteiger partial charge in [-0.25, -0.2) is 0 Å². The van der Waals surface area contributed by atoms with Gasteiger partial charge in [0.2, 0.25) is 0 Å². The molecule has 2 aromatic carbocycles. The van der Waals surface area contributed by atoms with Crippen LogP contribution in [-0.2, 0) is 6.54 Å². The maximum atomic E-state index is 13.8. The number of alkyl halides is 3. The monoisotopic (exact) mass is 370 g/mol. The summed E-state index contributed by atoms with van der Waals surface area (Å²) in [5, 5.41) is 0.812. The molecule has 1 unspecified atom stereocenters. The molecular formula is C21H17F3N2O. The molecule has 0 bridgehead atoms. The van der Waals surface area contributed by atoms with Crippen molar-refractivity contribution in [1.82, 2.24) is 4.98 Å². The third-order valence-electron chi connectivity index (χ3n) is 4.71. The Morgan fingerprint density at radius 3 is 2.56 bits per heavy atom. The number of anilines is 1. The van der Waals surface area contributed by atoms with Crippen LogP contribution in [0, 0.1) is 0 Å². The van der Waals surface area contributed by atoms with E-state index in [1.165, 1.54) is 17.1 Å². The van der Waals surface area contributed by atoms with E-state index in [1.807, 2.05) is 18.2 Å². The van der Waals surface area contributed by atoms with Gasteiger partial charge in [0.25, 0.3) is 0 Å². The summed E-state index contributed by atoms with van der Waals surface area (Å²) >= 11 is 0. The van der Waals surface area contributed by atoms with Crippen LogP contribution in [0.2, 0.25) is 0 Å². The van der Waals surface area contributed by atoms with Crippen molar-refractivity contribution in [2.24, 2.45) is 0 Å². The number of fused-ring (bicyclic) bond motifs is 3. The van der Waals surface area contributed by atoms with Gasteiger partial charge in [-0.15, -0.1) is 0 Å². The van der Waals surface area contributed by atoms with E-state index in [2.05, 4.69) is 4.98 Å². The van der Waals surface area contributed by atoms with Crippen LogP contribution in [0.3, 0.4) is 0 Å². The molecule has 3 nitrogen and oxygen atoms in total. The summed E-state index contributed by atoms with van der Waals surface area (Å²) in [6, 6.07) is 12.7. The zero-order valence-electron chi connectivity index (χ0n) is 14.6. The topological polar surface area (TPSA) is 25.4 Å². The second kappa shape index (κ2) is 6.61. The van der Waals surface area contributed by atoms with Crippen LogP contribution >= 0.6 is 0 Å². The fourth-order valence-electron chi connectivity index (χ4n) is 3.41. The lowest BCUT2D eigenvalue weighted by Crippen LogP contribution is -2.45. The summed E-state index contributed by atoms with van der Waals surface area (Å²) in [5.74, 6) is 0.664. The number of ether oxygens (including phenoxy) is 1. The highest BCUT2D eigenvalue weighted by Gasteiger charge is 2.44. The maximum absolute atomic E-state index is 13.8. The maximum Gasteiger partial charge on any atom is 0.412 e. The van der Waals surface area contributed by atoms with Crippen molar-refractivity contribution in [3.8, 4) is 5.75 Å². The van der Waals surface area contributed by atoms with Crippen LogP contribution < -0.4 is 9.64 Å². The second-order valence-corrected chi connectivity index (χ2v) is 6.40. The summed E-state index contributed by atoms with van der Waals surface area (Å²) < 4.78 is 46.5. The average molecular weight is 370 g/mol.